The molecule has 0 aromatic heterocycles. The summed E-state index contributed by atoms with van der Waals surface area (Å²) in [4.78, 5) is 25.8. The summed E-state index contributed by atoms with van der Waals surface area (Å²) in [6, 6.07) is 6.54. The number of halogens is 5. The van der Waals surface area contributed by atoms with Gasteiger partial charge in [0.2, 0.25) is 0 Å². The summed E-state index contributed by atoms with van der Waals surface area (Å²) in [6.07, 6.45) is -4.62. The molecule has 196 valence electrons. The average Bonchev–Trinajstić information content (AvgIpc) is 2.80. The molecule has 3 N–H and O–H groups in total. The fourth-order valence-electron chi connectivity index (χ4n) is 4.21. The van der Waals surface area contributed by atoms with Crippen molar-refractivity contribution in [2.24, 2.45) is 0 Å². The number of carbonyl (C=O) groups excluding carboxylic acids is 1. The molecule has 0 saturated carbocycles. The molecule has 36 heavy (non-hydrogen) atoms. The molecule has 1 saturated heterocycles. The highest BCUT2D eigenvalue weighted by atomic mass is 35.5. The van der Waals surface area contributed by atoms with Crippen molar-refractivity contribution < 1.29 is 37.0 Å². The van der Waals surface area contributed by atoms with E-state index in [9.17, 15) is 27.2 Å². The molecule has 2 aromatic carbocycles. The van der Waals surface area contributed by atoms with Crippen LogP contribution >= 0.6 is 11.6 Å². The van der Waals surface area contributed by atoms with Crippen LogP contribution in [-0.2, 0) is 9.53 Å². The number of ether oxygens (including phenoxy) is 1. The molecule has 7 nitrogen and oxygen atoms in total. The first-order valence-corrected chi connectivity index (χ1v) is 11.7. The first-order valence-electron chi connectivity index (χ1n) is 11.3. The normalized spacial score (nSPS) is 15.3. The Morgan fingerprint density at radius 3 is 2.39 bits per heavy atom. The monoisotopic (exact) mass is 531 g/mol. The number of nitrogens with one attached hydrogen (secondary N) is 2. The number of amides is 2. The van der Waals surface area contributed by atoms with Gasteiger partial charge in [-0.1, -0.05) is 17.7 Å². The minimum Gasteiger partial charge on any atom is -0.481 e. The number of aliphatic carboxylic acids is 1. The van der Waals surface area contributed by atoms with Crippen LogP contribution in [0.4, 0.5) is 39.4 Å². The number of urea groups is 1. The molecule has 1 fully saturated rings. The van der Waals surface area contributed by atoms with Crippen LogP contribution in [-0.4, -0.2) is 49.1 Å². The highest BCUT2D eigenvalue weighted by Crippen LogP contribution is 2.41. The molecule has 0 bridgehead atoms. The van der Waals surface area contributed by atoms with E-state index in [0.717, 1.165) is 12.1 Å². The van der Waals surface area contributed by atoms with Gasteiger partial charge in [0.05, 0.1) is 29.4 Å². The first-order chi connectivity index (χ1) is 17.0. The van der Waals surface area contributed by atoms with Crippen molar-refractivity contribution in [1.29, 1.82) is 0 Å². The van der Waals surface area contributed by atoms with Gasteiger partial charge in [-0.05, 0) is 55.7 Å². The molecule has 0 unspecified atom stereocenters. The summed E-state index contributed by atoms with van der Waals surface area (Å²) in [5, 5.41) is 14.0. The Labute approximate surface area is 210 Å². The minimum atomic E-state index is -4.82. The predicted molar refractivity (Wildman–Crippen MR) is 128 cm³/mol. The lowest BCUT2D eigenvalue weighted by Gasteiger charge is -2.36. The maximum Gasteiger partial charge on any atom is 0.396 e. The number of nitrogens with zero attached hydrogens (tertiary/aromatic N) is 1. The van der Waals surface area contributed by atoms with Crippen molar-refractivity contribution in [2.45, 2.75) is 44.3 Å². The zero-order valence-corrected chi connectivity index (χ0v) is 20.1. The Morgan fingerprint density at radius 1 is 1.14 bits per heavy atom. The smallest absolute Gasteiger partial charge is 0.396 e. The van der Waals surface area contributed by atoms with Gasteiger partial charge in [-0.2, -0.15) is 13.2 Å². The number of carbonyl (C=O) groups is 2. The fourth-order valence-corrected chi connectivity index (χ4v) is 4.37. The quantitative estimate of drug-likeness (QED) is 0.350. The average molecular weight is 532 g/mol. The Morgan fingerprint density at radius 2 is 1.81 bits per heavy atom. The summed E-state index contributed by atoms with van der Waals surface area (Å²) < 4.78 is 60.7. The second kappa shape index (κ2) is 11.8. The van der Waals surface area contributed by atoms with Crippen molar-refractivity contribution in [2.75, 3.05) is 35.3 Å². The third-order valence-corrected chi connectivity index (χ3v) is 6.14. The van der Waals surface area contributed by atoms with Gasteiger partial charge in [-0.3, -0.25) is 4.79 Å². The lowest BCUT2D eigenvalue weighted by Crippen LogP contribution is -2.40. The Balaban J connectivity index is 1.99. The molecule has 0 radical (unpaired) electrons. The molecule has 1 heterocycles. The summed E-state index contributed by atoms with van der Waals surface area (Å²) in [6.45, 7) is 3.41. The Bertz CT molecular complexity index is 1090. The van der Waals surface area contributed by atoms with Crippen molar-refractivity contribution in [3.63, 3.8) is 0 Å². The van der Waals surface area contributed by atoms with Crippen LogP contribution in [0, 0.1) is 5.82 Å². The third kappa shape index (κ3) is 7.01. The van der Waals surface area contributed by atoms with Crippen LogP contribution in [0.5, 0.6) is 0 Å². The second-order valence-electron chi connectivity index (χ2n) is 8.30. The molecule has 2 aromatic rings. The molecule has 1 atom stereocenters. The van der Waals surface area contributed by atoms with E-state index >= 15 is 0 Å². The number of anilines is 3. The largest absolute Gasteiger partial charge is 0.481 e. The van der Waals surface area contributed by atoms with E-state index in [1.807, 2.05) is 11.8 Å². The van der Waals surface area contributed by atoms with E-state index < -0.39 is 36.3 Å². The zero-order valence-electron chi connectivity index (χ0n) is 19.4. The summed E-state index contributed by atoms with van der Waals surface area (Å²) in [5.74, 6) is -4.67. The van der Waals surface area contributed by atoms with Crippen LogP contribution < -0.4 is 15.5 Å². The molecular weight excluding hydrogens is 506 g/mol. The van der Waals surface area contributed by atoms with Gasteiger partial charge in [-0.15, -0.1) is 0 Å². The van der Waals surface area contributed by atoms with E-state index in [-0.39, 0.29) is 28.0 Å². The van der Waals surface area contributed by atoms with Gasteiger partial charge in [0.1, 0.15) is 5.82 Å². The summed E-state index contributed by atoms with van der Waals surface area (Å²) in [7, 11) is 0. The van der Waals surface area contributed by atoms with E-state index in [2.05, 4.69) is 10.6 Å². The first kappa shape index (κ1) is 27.5. The number of benzene rings is 2. The number of alkyl halides is 3. The van der Waals surface area contributed by atoms with Gasteiger partial charge < -0.3 is 25.4 Å². The molecule has 1 aliphatic rings. The van der Waals surface area contributed by atoms with Gasteiger partial charge in [0.25, 0.3) is 0 Å². The number of carboxylic acids is 1. The van der Waals surface area contributed by atoms with Crippen LogP contribution in [0.2, 0.25) is 5.02 Å². The van der Waals surface area contributed by atoms with Crippen LogP contribution in [0.1, 0.15) is 37.7 Å². The number of rotatable bonds is 8. The molecule has 0 spiro atoms. The zero-order chi connectivity index (χ0) is 26.5. The minimum absolute atomic E-state index is 0.0179. The topological polar surface area (TPSA) is 90.9 Å². The van der Waals surface area contributed by atoms with Crippen LogP contribution in [0.3, 0.4) is 0 Å². The highest BCUT2D eigenvalue weighted by Gasteiger charge is 2.42. The summed E-state index contributed by atoms with van der Waals surface area (Å²) in [5.41, 5.74) is -0.00133. The third-order valence-electron chi connectivity index (χ3n) is 5.91. The molecule has 12 heteroatoms. The number of hydrogen-bond acceptors (Lipinski definition) is 4. The van der Waals surface area contributed by atoms with E-state index in [1.165, 1.54) is 24.3 Å². The van der Waals surface area contributed by atoms with E-state index in [1.54, 1.807) is 0 Å². The SMILES string of the molecule is CCN(c1ccc([C@@H](CC(=O)O)C(F)(F)F)cc1NC(=O)Nc1ccc(Cl)cc1F)C1CCOCC1. The van der Waals surface area contributed by atoms with Crippen molar-refractivity contribution >= 4 is 40.7 Å². The lowest BCUT2D eigenvalue weighted by atomic mass is 9.93. The van der Waals surface area contributed by atoms with Gasteiger partial charge in [-0.25, -0.2) is 9.18 Å². The summed E-state index contributed by atoms with van der Waals surface area (Å²) >= 11 is 5.73. The van der Waals surface area contributed by atoms with Gasteiger partial charge in [0.15, 0.2) is 0 Å². The maximum atomic E-state index is 14.1. The van der Waals surface area contributed by atoms with Crippen molar-refractivity contribution in [3.8, 4) is 0 Å². The molecular formula is C24H26ClF4N3O4. The van der Waals surface area contributed by atoms with Crippen molar-refractivity contribution in [3.05, 3.63) is 52.8 Å². The standard InChI is InChI=1S/C24H26ClF4N3O4/c1-2-32(16-7-9-36-10-8-16)21-6-3-14(17(13-22(33)34)24(27,28)29)11-20(21)31-23(35)30-19-5-4-15(25)12-18(19)26/h3-6,11-12,16-17H,2,7-10,13H2,1H3,(H,33,34)(H2,30,31,35)/t17-/m1/s1. The molecule has 0 aliphatic carbocycles. The second-order valence-corrected chi connectivity index (χ2v) is 8.74. The maximum absolute atomic E-state index is 14.1. The lowest BCUT2D eigenvalue weighted by molar-refractivity contribution is -0.163. The Kier molecular flexibility index (Phi) is 9.02. The highest BCUT2D eigenvalue weighted by molar-refractivity contribution is 6.30. The van der Waals surface area contributed by atoms with Gasteiger partial charge >= 0.3 is 18.2 Å². The van der Waals surface area contributed by atoms with Crippen LogP contribution in [0.15, 0.2) is 36.4 Å². The van der Waals surface area contributed by atoms with Gasteiger partial charge in [0, 0.05) is 30.8 Å². The molecule has 2 amide bonds. The fraction of sp³-hybridized carbons (Fsp3) is 0.417. The predicted octanol–water partition coefficient (Wildman–Crippen LogP) is 6.25. The van der Waals surface area contributed by atoms with E-state index in [4.69, 9.17) is 21.4 Å². The molecule has 3 rings (SSSR count). The molecule has 1 aliphatic heterocycles. The van der Waals surface area contributed by atoms with Crippen molar-refractivity contribution in [1.82, 2.24) is 0 Å². The number of carboxylic acid groups (broad SMARTS) is 1. The Hall–Kier alpha value is -3.05. The van der Waals surface area contributed by atoms with Crippen LogP contribution in [0.25, 0.3) is 0 Å². The van der Waals surface area contributed by atoms with E-state index in [0.29, 0.717) is 38.3 Å². The number of hydrogen-bond donors (Lipinski definition) is 3.